The van der Waals surface area contributed by atoms with Crippen LogP contribution in [0, 0.1) is 0 Å². The van der Waals surface area contributed by atoms with Crippen LogP contribution in [0.25, 0.3) is 10.2 Å². The molecule has 1 heterocycles. The molecule has 7 nitrogen and oxygen atoms in total. The third-order valence-corrected chi connectivity index (χ3v) is 7.12. The predicted molar refractivity (Wildman–Crippen MR) is 121 cm³/mol. The first-order valence-electron chi connectivity index (χ1n) is 9.02. The van der Waals surface area contributed by atoms with Gasteiger partial charge in [-0.05, 0) is 38.4 Å². The van der Waals surface area contributed by atoms with Gasteiger partial charge in [0.2, 0.25) is 0 Å². The summed E-state index contributed by atoms with van der Waals surface area (Å²) in [5.41, 5.74) is 0.667. The highest BCUT2D eigenvalue weighted by atomic mass is 35.5. The van der Waals surface area contributed by atoms with Gasteiger partial charge in [-0.1, -0.05) is 35.1 Å². The molecule has 0 bridgehead atoms. The molecule has 0 spiro atoms. The minimum absolute atomic E-state index is 0.0124. The molecule has 0 fully saturated rings. The Morgan fingerprint density at radius 1 is 1.17 bits per heavy atom. The lowest BCUT2D eigenvalue weighted by molar-refractivity contribution is 0.0982. The number of rotatable bonds is 7. The molecule has 1 aromatic heterocycles. The van der Waals surface area contributed by atoms with E-state index in [0.29, 0.717) is 39.2 Å². The zero-order chi connectivity index (χ0) is 22.1. The van der Waals surface area contributed by atoms with Crippen LogP contribution in [-0.2, 0) is 9.84 Å². The number of methoxy groups -OCH3 is 1. The summed E-state index contributed by atoms with van der Waals surface area (Å²) in [7, 11) is 1.75. The Morgan fingerprint density at radius 2 is 1.87 bits per heavy atom. The molecule has 0 aliphatic heterocycles. The van der Waals surface area contributed by atoms with Crippen molar-refractivity contribution in [1.29, 1.82) is 0 Å². The van der Waals surface area contributed by atoms with E-state index in [-0.39, 0.29) is 10.5 Å². The van der Waals surface area contributed by atoms with Crippen molar-refractivity contribution in [3.63, 3.8) is 0 Å². The number of halogens is 1. The fourth-order valence-corrected chi connectivity index (χ4v) is 5.08. The van der Waals surface area contributed by atoms with E-state index >= 15 is 0 Å². The summed E-state index contributed by atoms with van der Waals surface area (Å²) in [4.78, 5) is 21.5. The van der Waals surface area contributed by atoms with E-state index in [1.54, 1.807) is 31.4 Å². The second kappa shape index (κ2) is 8.89. The van der Waals surface area contributed by atoms with Crippen LogP contribution in [0.4, 0.5) is 5.13 Å². The number of hydrogen-bond acceptors (Lipinski definition) is 7. The molecule has 2 aromatic carbocycles. The molecule has 10 heteroatoms. The van der Waals surface area contributed by atoms with E-state index in [2.05, 4.69) is 4.98 Å². The number of fused-ring (bicyclic) bond motifs is 1. The molecule has 30 heavy (non-hydrogen) atoms. The fraction of sp³-hybridized carbons (Fsp3) is 0.300. The molecular formula is C20H22ClN3O4S2. The Bertz CT molecular complexity index is 1190. The summed E-state index contributed by atoms with van der Waals surface area (Å²) in [5, 5.41) is 0.928. The topological polar surface area (TPSA) is 79.8 Å². The van der Waals surface area contributed by atoms with Gasteiger partial charge in [0.15, 0.2) is 15.0 Å². The highest BCUT2D eigenvalue weighted by Gasteiger charge is 2.27. The van der Waals surface area contributed by atoms with Crippen molar-refractivity contribution in [3.05, 3.63) is 47.0 Å². The molecule has 160 valence electrons. The highest BCUT2D eigenvalue weighted by molar-refractivity contribution is 7.90. The van der Waals surface area contributed by atoms with E-state index in [1.807, 2.05) is 19.0 Å². The Balaban J connectivity index is 2.14. The number of ether oxygens (including phenoxy) is 1. The number of nitrogens with zero attached hydrogens (tertiary/aromatic N) is 3. The standard InChI is InChI=1S/C20H22ClN3O4S2/c1-23(2)11-12-24(19(25)13-7-5-6-8-16(13)30(4,26)27)20-22-17-15(28-3)10-9-14(21)18(17)29-20/h5-10H,11-12H2,1-4H3. The second-order valence-corrected chi connectivity index (χ2v) is 10.3. The number of carbonyl (C=O) groups is 1. The smallest absolute Gasteiger partial charge is 0.261 e. The second-order valence-electron chi connectivity index (χ2n) is 6.95. The van der Waals surface area contributed by atoms with Gasteiger partial charge in [0, 0.05) is 19.3 Å². The maximum absolute atomic E-state index is 13.5. The molecule has 0 aliphatic rings. The summed E-state index contributed by atoms with van der Waals surface area (Å²) in [6, 6.07) is 9.63. The number of aromatic nitrogens is 1. The number of hydrogen-bond donors (Lipinski definition) is 0. The number of likely N-dealkylation sites (N-methyl/N-ethyl adjacent to an activating group) is 1. The summed E-state index contributed by atoms with van der Waals surface area (Å²) in [5.74, 6) is 0.112. The number of sulfone groups is 1. The molecule has 0 N–H and O–H groups in total. The lowest BCUT2D eigenvalue weighted by Crippen LogP contribution is -2.37. The zero-order valence-electron chi connectivity index (χ0n) is 17.0. The molecule has 3 rings (SSSR count). The van der Waals surface area contributed by atoms with Crippen molar-refractivity contribution < 1.29 is 17.9 Å². The van der Waals surface area contributed by atoms with Crippen LogP contribution < -0.4 is 9.64 Å². The fourth-order valence-electron chi connectivity index (χ4n) is 2.92. The monoisotopic (exact) mass is 467 g/mol. The number of amides is 1. The first kappa shape index (κ1) is 22.5. The molecule has 0 saturated carbocycles. The summed E-state index contributed by atoms with van der Waals surface area (Å²) < 4.78 is 30.5. The normalized spacial score (nSPS) is 11.8. The van der Waals surface area contributed by atoms with E-state index in [9.17, 15) is 13.2 Å². The van der Waals surface area contributed by atoms with Crippen LogP contribution in [0.5, 0.6) is 5.75 Å². The van der Waals surface area contributed by atoms with Gasteiger partial charge >= 0.3 is 0 Å². The van der Waals surface area contributed by atoms with Crippen LogP contribution in [-0.4, -0.2) is 64.8 Å². The lowest BCUT2D eigenvalue weighted by atomic mass is 10.2. The Hall–Kier alpha value is -2.20. The van der Waals surface area contributed by atoms with Crippen LogP contribution in [0.15, 0.2) is 41.3 Å². The SMILES string of the molecule is COc1ccc(Cl)c2sc(N(CCN(C)C)C(=O)c3ccccc3S(C)(=O)=O)nc12. The minimum atomic E-state index is -3.58. The molecule has 0 aliphatic carbocycles. The molecule has 0 radical (unpaired) electrons. The summed E-state index contributed by atoms with van der Waals surface area (Å²) in [6.45, 7) is 0.886. The average molecular weight is 468 g/mol. The summed E-state index contributed by atoms with van der Waals surface area (Å²) >= 11 is 7.60. The van der Waals surface area contributed by atoms with E-state index in [0.717, 1.165) is 6.26 Å². The van der Waals surface area contributed by atoms with Crippen LogP contribution in [0.3, 0.4) is 0 Å². The van der Waals surface area contributed by atoms with Gasteiger partial charge in [-0.3, -0.25) is 9.69 Å². The van der Waals surface area contributed by atoms with Gasteiger partial charge in [0.25, 0.3) is 5.91 Å². The van der Waals surface area contributed by atoms with Crippen molar-refractivity contribution in [1.82, 2.24) is 9.88 Å². The lowest BCUT2D eigenvalue weighted by Gasteiger charge is -2.22. The Labute approximate surface area is 184 Å². The van der Waals surface area contributed by atoms with Gasteiger partial charge in [-0.25, -0.2) is 13.4 Å². The van der Waals surface area contributed by atoms with Crippen molar-refractivity contribution in [2.45, 2.75) is 4.90 Å². The Kier molecular flexibility index (Phi) is 6.66. The molecular weight excluding hydrogens is 446 g/mol. The third kappa shape index (κ3) is 4.59. The maximum atomic E-state index is 13.5. The molecule has 1 amide bonds. The van der Waals surface area contributed by atoms with E-state index in [1.165, 1.54) is 28.4 Å². The number of anilines is 1. The molecule has 0 saturated heterocycles. The van der Waals surface area contributed by atoms with Crippen LogP contribution in [0.2, 0.25) is 5.02 Å². The average Bonchev–Trinajstić information content (AvgIpc) is 3.13. The number of thiazole rings is 1. The highest BCUT2D eigenvalue weighted by Crippen LogP contribution is 2.39. The predicted octanol–water partition coefficient (Wildman–Crippen LogP) is 3.57. The quantitative estimate of drug-likeness (QED) is 0.528. The van der Waals surface area contributed by atoms with Crippen molar-refractivity contribution in [2.75, 3.05) is 45.5 Å². The zero-order valence-corrected chi connectivity index (χ0v) is 19.4. The van der Waals surface area contributed by atoms with E-state index < -0.39 is 15.7 Å². The van der Waals surface area contributed by atoms with Crippen molar-refractivity contribution in [3.8, 4) is 5.75 Å². The van der Waals surface area contributed by atoms with Gasteiger partial charge in [-0.15, -0.1) is 0 Å². The number of carbonyl (C=O) groups excluding carboxylic acids is 1. The molecule has 0 unspecified atom stereocenters. The largest absolute Gasteiger partial charge is 0.494 e. The maximum Gasteiger partial charge on any atom is 0.261 e. The van der Waals surface area contributed by atoms with Gasteiger partial charge in [-0.2, -0.15) is 0 Å². The van der Waals surface area contributed by atoms with Gasteiger partial charge in [0.1, 0.15) is 11.3 Å². The first-order chi connectivity index (χ1) is 14.1. The third-order valence-electron chi connectivity index (χ3n) is 4.43. The number of benzene rings is 2. The minimum Gasteiger partial charge on any atom is -0.494 e. The van der Waals surface area contributed by atoms with E-state index in [4.69, 9.17) is 16.3 Å². The Morgan fingerprint density at radius 3 is 2.50 bits per heavy atom. The first-order valence-corrected chi connectivity index (χ1v) is 12.1. The molecule has 0 atom stereocenters. The van der Waals surface area contributed by atoms with Gasteiger partial charge < -0.3 is 9.64 Å². The van der Waals surface area contributed by atoms with Crippen molar-refractivity contribution >= 4 is 54.0 Å². The van der Waals surface area contributed by atoms with Gasteiger partial charge in [0.05, 0.1) is 27.3 Å². The van der Waals surface area contributed by atoms with Crippen LogP contribution in [0.1, 0.15) is 10.4 Å². The van der Waals surface area contributed by atoms with Crippen molar-refractivity contribution in [2.24, 2.45) is 0 Å². The molecule has 3 aromatic rings. The van der Waals surface area contributed by atoms with Crippen LogP contribution >= 0.6 is 22.9 Å². The summed E-state index contributed by atoms with van der Waals surface area (Å²) in [6.07, 6.45) is 1.09.